The molecule has 0 aromatic heterocycles. The first-order valence-electron chi connectivity index (χ1n) is 5.75. The van der Waals surface area contributed by atoms with Gasteiger partial charge >= 0.3 is 0 Å². The lowest BCUT2D eigenvalue weighted by atomic mass is 10.1. The fourth-order valence-corrected chi connectivity index (χ4v) is 2.08. The maximum Gasteiger partial charge on any atom is 0.227 e. The van der Waals surface area contributed by atoms with E-state index in [0.717, 1.165) is 18.5 Å². The van der Waals surface area contributed by atoms with E-state index < -0.39 is 0 Å². The van der Waals surface area contributed by atoms with Crippen molar-refractivity contribution >= 4 is 29.1 Å². The number of rotatable bonds is 6. The van der Waals surface area contributed by atoms with Gasteiger partial charge < -0.3 is 4.90 Å². The molecule has 0 fully saturated rings. The summed E-state index contributed by atoms with van der Waals surface area (Å²) >= 11 is 11.6. The predicted octanol–water partition coefficient (Wildman–Crippen LogP) is 3.36. The molecule has 4 heteroatoms. The second-order valence-electron chi connectivity index (χ2n) is 3.88. The predicted molar refractivity (Wildman–Crippen MR) is 72.7 cm³/mol. The van der Waals surface area contributed by atoms with Crippen LogP contribution in [0.2, 0.25) is 5.02 Å². The smallest absolute Gasteiger partial charge is 0.227 e. The molecule has 1 amide bonds. The van der Waals surface area contributed by atoms with E-state index in [1.54, 1.807) is 11.0 Å². The van der Waals surface area contributed by atoms with E-state index in [1.165, 1.54) is 0 Å². The van der Waals surface area contributed by atoms with Gasteiger partial charge in [0, 0.05) is 24.0 Å². The highest BCUT2D eigenvalue weighted by molar-refractivity contribution is 6.30. The maximum absolute atomic E-state index is 12.0. The van der Waals surface area contributed by atoms with E-state index >= 15 is 0 Å². The minimum absolute atomic E-state index is 0.106. The highest BCUT2D eigenvalue weighted by Gasteiger charge is 2.12. The average molecular weight is 274 g/mol. The van der Waals surface area contributed by atoms with Gasteiger partial charge in [-0.15, -0.1) is 11.6 Å². The zero-order valence-electron chi connectivity index (χ0n) is 9.96. The second kappa shape index (κ2) is 7.57. The van der Waals surface area contributed by atoms with Crippen LogP contribution in [0.4, 0.5) is 0 Å². The summed E-state index contributed by atoms with van der Waals surface area (Å²) in [5, 5.41) is 0.662. The molecule has 0 spiro atoms. The normalized spacial score (nSPS) is 10.3. The molecule has 0 unspecified atom stereocenters. The standard InChI is InChI=1S/C13H17Cl2NO/c1-2-7-16(8-6-14)13(17)10-11-4-3-5-12(15)9-11/h3-5,9H,2,6-8,10H2,1H3. The monoisotopic (exact) mass is 273 g/mol. The Morgan fingerprint density at radius 1 is 1.35 bits per heavy atom. The molecule has 1 aromatic rings. The summed E-state index contributed by atoms with van der Waals surface area (Å²) < 4.78 is 0. The van der Waals surface area contributed by atoms with Crippen molar-refractivity contribution < 1.29 is 4.79 Å². The van der Waals surface area contributed by atoms with Crippen LogP contribution in [0.15, 0.2) is 24.3 Å². The molecule has 17 heavy (non-hydrogen) atoms. The summed E-state index contributed by atoms with van der Waals surface area (Å²) in [5.74, 6) is 0.580. The molecule has 1 aromatic carbocycles. The minimum atomic E-state index is 0.106. The molecule has 0 aliphatic rings. The maximum atomic E-state index is 12.0. The van der Waals surface area contributed by atoms with Crippen LogP contribution < -0.4 is 0 Å². The number of nitrogens with zero attached hydrogens (tertiary/aromatic N) is 1. The Labute approximate surface area is 113 Å². The first-order chi connectivity index (χ1) is 8.17. The first-order valence-corrected chi connectivity index (χ1v) is 6.66. The van der Waals surface area contributed by atoms with E-state index in [4.69, 9.17) is 23.2 Å². The fourth-order valence-electron chi connectivity index (χ4n) is 1.67. The number of carbonyl (C=O) groups excluding carboxylic acids is 1. The first kappa shape index (κ1) is 14.3. The number of halogens is 2. The zero-order chi connectivity index (χ0) is 12.7. The van der Waals surface area contributed by atoms with Crippen molar-refractivity contribution in [2.75, 3.05) is 19.0 Å². The third kappa shape index (κ3) is 4.97. The number of carbonyl (C=O) groups is 1. The van der Waals surface area contributed by atoms with Gasteiger partial charge in [-0.1, -0.05) is 30.7 Å². The molecule has 0 bridgehead atoms. The van der Waals surface area contributed by atoms with E-state index in [-0.39, 0.29) is 5.91 Å². The SMILES string of the molecule is CCCN(CCCl)C(=O)Cc1cccc(Cl)c1. The van der Waals surface area contributed by atoms with Crippen molar-refractivity contribution in [2.24, 2.45) is 0 Å². The van der Waals surface area contributed by atoms with E-state index in [0.29, 0.717) is 23.9 Å². The van der Waals surface area contributed by atoms with Gasteiger partial charge in [0.1, 0.15) is 0 Å². The van der Waals surface area contributed by atoms with E-state index in [1.807, 2.05) is 25.1 Å². The molecule has 2 nitrogen and oxygen atoms in total. The quantitative estimate of drug-likeness (QED) is 0.728. The molecular weight excluding hydrogens is 257 g/mol. The number of hydrogen-bond donors (Lipinski definition) is 0. The Morgan fingerprint density at radius 2 is 2.12 bits per heavy atom. The molecule has 0 saturated heterocycles. The van der Waals surface area contributed by atoms with Crippen LogP contribution >= 0.6 is 23.2 Å². The molecule has 0 radical (unpaired) electrons. The molecular formula is C13H17Cl2NO. The van der Waals surface area contributed by atoms with Crippen LogP contribution in [-0.4, -0.2) is 29.8 Å². The lowest BCUT2D eigenvalue weighted by molar-refractivity contribution is -0.130. The van der Waals surface area contributed by atoms with Gasteiger partial charge in [0.05, 0.1) is 6.42 Å². The van der Waals surface area contributed by atoms with Crippen LogP contribution in [0.1, 0.15) is 18.9 Å². The van der Waals surface area contributed by atoms with Gasteiger partial charge in [-0.3, -0.25) is 4.79 Å². The lowest BCUT2D eigenvalue weighted by Crippen LogP contribution is -2.34. The third-order valence-electron chi connectivity index (χ3n) is 2.45. The van der Waals surface area contributed by atoms with Gasteiger partial charge in [0.25, 0.3) is 0 Å². The van der Waals surface area contributed by atoms with Crippen molar-refractivity contribution in [3.8, 4) is 0 Å². The molecule has 0 atom stereocenters. The van der Waals surface area contributed by atoms with Crippen molar-refractivity contribution in [2.45, 2.75) is 19.8 Å². The largest absolute Gasteiger partial charge is 0.341 e. The molecule has 0 aliphatic carbocycles. The molecule has 94 valence electrons. The Hall–Kier alpha value is -0.730. The highest BCUT2D eigenvalue weighted by Crippen LogP contribution is 2.12. The van der Waals surface area contributed by atoms with Gasteiger partial charge in [0.2, 0.25) is 5.91 Å². The Kier molecular flexibility index (Phi) is 6.38. The Morgan fingerprint density at radius 3 is 2.71 bits per heavy atom. The molecule has 1 rings (SSSR count). The van der Waals surface area contributed by atoms with Crippen molar-refractivity contribution in [3.05, 3.63) is 34.9 Å². The van der Waals surface area contributed by atoms with Crippen molar-refractivity contribution in [3.63, 3.8) is 0 Å². The summed E-state index contributed by atoms with van der Waals surface area (Å²) in [6.07, 6.45) is 1.33. The van der Waals surface area contributed by atoms with E-state index in [2.05, 4.69) is 0 Å². The zero-order valence-corrected chi connectivity index (χ0v) is 11.5. The number of amides is 1. The molecule has 0 heterocycles. The minimum Gasteiger partial charge on any atom is -0.341 e. The van der Waals surface area contributed by atoms with Crippen LogP contribution in [0, 0.1) is 0 Å². The molecule has 0 saturated carbocycles. The third-order valence-corrected chi connectivity index (χ3v) is 2.85. The van der Waals surface area contributed by atoms with Gasteiger partial charge in [0.15, 0.2) is 0 Å². The van der Waals surface area contributed by atoms with E-state index in [9.17, 15) is 4.79 Å². The van der Waals surface area contributed by atoms with Crippen LogP contribution in [0.3, 0.4) is 0 Å². The summed E-state index contributed by atoms with van der Waals surface area (Å²) in [6, 6.07) is 7.40. The topological polar surface area (TPSA) is 20.3 Å². The summed E-state index contributed by atoms with van der Waals surface area (Å²) in [5.41, 5.74) is 0.943. The van der Waals surface area contributed by atoms with Gasteiger partial charge in [-0.25, -0.2) is 0 Å². The summed E-state index contributed by atoms with van der Waals surface area (Å²) in [6.45, 7) is 3.41. The average Bonchev–Trinajstić information content (AvgIpc) is 2.28. The Bertz CT molecular complexity index is 362. The van der Waals surface area contributed by atoms with Gasteiger partial charge in [-0.2, -0.15) is 0 Å². The fraction of sp³-hybridized carbons (Fsp3) is 0.462. The Balaban J connectivity index is 2.62. The summed E-state index contributed by atoms with van der Waals surface area (Å²) in [4.78, 5) is 13.8. The van der Waals surface area contributed by atoms with Crippen LogP contribution in [0.25, 0.3) is 0 Å². The lowest BCUT2D eigenvalue weighted by Gasteiger charge is -2.21. The second-order valence-corrected chi connectivity index (χ2v) is 4.69. The molecule has 0 N–H and O–H groups in total. The number of benzene rings is 1. The van der Waals surface area contributed by atoms with Gasteiger partial charge in [-0.05, 0) is 24.1 Å². The van der Waals surface area contributed by atoms with Crippen LogP contribution in [-0.2, 0) is 11.2 Å². The summed E-state index contributed by atoms with van der Waals surface area (Å²) in [7, 11) is 0. The number of hydrogen-bond acceptors (Lipinski definition) is 1. The van der Waals surface area contributed by atoms with Crippen molar-refractivity contribution in [1.82, 2.24) is 4.90 Å². The van der Waals surface area contributed by atoms with Crippen LogP contribution in [0.5, 0.6) is 0 Å². The molecule has 0 aliphatic heterocycles. The highest BCUT2D eigenvalue weighted by atomic mass is 35.5. The van der Waals surface area contributed by atoms with Crippen molar-refractivity contribution in [1.29, 1.82) is 0 Å². The number of alkyl halides is 1.